The normalized spacial score (nSPS) is 8.76. The standard InChI is InChI=1S/3C7H8O.Ti/c3*8-6-7-4-2-1-3-5-7;/h3*1-5,8H,6H2;. The van der Waals surface area contributed by atoms with Crippen molar-refractivity contribution in [2.24, 2.45) is 0 Å². The van der Waals surface area contributed by atoms with Gasteiger partial charge in [0.1, 0.15) is 0 Å². The third kappa shape index (κ3) is 11.4. The number of aliphatic hydroxyl groups is 3. The van der Waals surface area contributed by atoms with Gasteiger partial charge in [0.25, 0.3) is 0 Å². The Morgan fingerprint density at radius 1 is 0.400 bits per heavy atom. The molecule has 0 fully saturated rings. The summed E-state index contributed by atoms with van der Waals surface area (Å²) in [6.07, 6.45) is 0. The van der Waals surface area contributed by atoms with E-state index in [4.69, 9.17) is 15.3 Å². The van der Waals surface area contributed by atoms with E-state index in [1.807, 2.05) is 91.0 Å². The number of rotatable bonds is 3. The van der Waals surface area contributed by atoms with Crippen LogP contribution in [0.5, 0.6) is 0 Å². The van der Waals surface area contributed by atoms with Crippen molar-refractivity contribution >= 4 is 0 Å². The Morgan fingerprint density at radius 3 is 0.720 bits per heavy atom. The van der Waals surface area contributed by atoms with Crippen LogP contribution in [0.25, 0.3) is 0 Å². The molecular formula is C21H24O3Ti. The van der Waals surface area contributed by atoms with Crippen LogP contribution < -0.4 is 0 Å². The zero-order valence-corrected chi connectivity index (χ0v) is 15.7. The van der Waals surface area contributed by atoms with Crippen LogP contribution in [0.3, 0.4) is 0 Å². The van der Waals surface area contributed by atoms with Gasteiger partial charge < -0.3 is 15.3 Å². The van der Waals surface area contributed by atoms with E-state index < -0.39 is 0 Å². The Bertz CT molecular complexity index is 537. The SMILES string of the molecule is OCc1ccccc1.OCc1ccccc1.OCc1ccccc1.[Ti]. The van der Waals surface area contributed by atoms with Crippen molar-refractivity contribution in [2.45, 2.75) is 19.8 Å². The molecule has 0 unspecified atom stereocenters. The number of benzene rings is 3. The molecule has 0 atom stereocenters. The van der Waals surface area contributed by atoms with Gasteiger partial charge in [-0.2, -0.15) is 0 Å². The second kappa shape index (κ2) is 15.8. The van der Waals surface area contributed by atoms with Gasteiger partial charge in [-0.25, -0.2) is 0 Å². The van der Waals surface area contributed by atoms with Crippen LogP contribution in [0.4, 0.5) is 0 Å². The summed E-state index contributed by atoms with van der Waals surface area (Å²) in [5, 5.41) is 25.6. The van der Waals surface area contributed by atoms with Crippen molar-refractivity contribution < 1.29 is 37.0 Å². The summed E-state index contributed by atoms with van der Waals surface area (Å²) < 4.78 is 0. The molecule has 0 aliphatic heterocycles. The Morgan fingerprint density at radius 2 is 0.600 bits per heavy atom. The zero-order chi connectivity index (χ0) is 17.5. The Labute approximate surface area is 164 Å². The minimum Gasteiger partial charge on any atom is -0.392 e. The van der Waals surface area contributed by atoms with E-state index in [0.29, 0.717) is 0 Å². The molecule has 0 aliphatic carbocycles. The molecule has 0 saturated carbocycles. The minimum atomic E-state index is 0. The van der Waals surface area contributed by atoms with E-state index >= 15 is 0 Å². The molecule has 130 valence electrons. The van der Waals surface area contributed by atoms with E-state index in [1.165, 1.54) is 0 Å². The first-order valence-corrected chi connectivity index (χ1v) is 7.74. The number of aliphatic hydroxyl groups excluding tert-OH is 3. The van der Waals surface area contributed by atoms with Crippen LogP contribution in [0.2, 0.25) is 0 Å². The zero-order valence-electron chi connectivity index (χ0n) is 14.1. The Balaban J connectivity index is 0.000000339. The van der Waals surface area contributed by atoms with Crippen LogP contribution in [0, 0.1) is 0 Å². The first-order valence-electron chi connectivity index (χ1n) is 7.74. The van der Waals surface area contributed by atoms with Gasteiger partial charge in [0, 0.05) is 21.7 Å². The number of hydrogen-bond donors (Lipinski definition) is 3. The second-order valence-corrected chi connectivity index (χ2v) is 4.93. The average molecular weight is 372 g/mol. The Kier molecular flexibility index (Phi) is 14.7. The molecule has 3 N–H and O–H groups in total. The molecule has 4 heteroatoms. The van der Waals surface area contributed by atoms with Crippen molar-refractivity contribution in [3.05, 3.63) is 108 Å². The maximum absolute atomic E-state index is 8.54. The summed E-state index contributed by atoms with van der Waals surface area (Å²) in [6, 6.07) is 28.6. The third-order valence-corrected chi connectivity index (χ3v) is 3.08. The monoisotopic (exact) mass is 372 g/mol. The Hall–Kier alpha value is -1.75. The van der Waals surface area contributed by atoms with Crippen molar-refractivity contribution in [2.75, 3.05) is 0 Å². The van der Waals surface area contributed by atoms with Crippen LogP contribution in [-0.4, -0.2) is 15.3 Å². The van der Waals surface area contributed by atoms with Crippen molar-refractivity contribution in [1.29, 1.82) is 0 Å². The van der Waals surface area contributed by atoms with E-state index in [1.54, 1.807) is 0 Å². The molecular weight excluding hydrogens is 348 g/mol. The largest absolute Gasteiger partial charge is 0.392 e. The van der Waals surface area contributed by atoms with Crippen LogP contribution >= 0.6 is 0 Å². The molecule has 0 aliphatic rings. The first-order chi connectivity index (χ1) is 11.8. The fraction of sp³-hybridized carbons (Fsp3) is 0.143. The molecule has 0 amide bonds. The van der Waals surface area contributed by atoms with Gasteiger partial charge >= 0.3 is 0 Å². The summed E-state index contributed by atoms with van der Waals surface area (Å²) in [4.78, 5) is 0. The molecule has 0 radical (unpaired) electrons. The topological polar surface area (TPSA) is 60.7 Å². The molecule has 3 aromatic carbocycles. The molecule has 3 rings (SSSR count). The predicted octanol–water partition coefficient (Wildman–Crippen LogP) is 3.53. The van der Waals surface area contributed by atoms with E-state index in [9.17, 15) is 0 Å². The maximum Gasteiger partial charge on any atom is 0.0681 e. The third-order valence-electron chi connectivity index (χ3n) is 3.08. The summed E-state index contributed by atoms with van der Waals surface area (Å²) in [5.74, 6) is 0. The van der Waals surface area contributed by atoms with Gasteiger partial charge in [-0.05, 0) is 16.7 Å². The summed E-state index contributed by atoms with van der Waals surface area (Å²) in [5.41, 5.74) is 2.90. The molecule has 0 aromatic heterocycles. The predicted molar refractivity (Wildman–Crippen MR) is 97.1 cm³/mol. The van der Waals surface area contributed by atoms with Crippen LogP contribution in [0.1, 0.15) is 16.7 Å². The molecule has 3 nitrogen and oxygen atoms in total. The summed E-state index contributed by atoms with van der Waals surface area (Å²) in [6.45, 7) is 0.419. The maximum atomic E-state index is 8.54. The van der Waals surface area contributed by atoms with Crippen molar-refractivity contribution in [1.82, 2.24) is 0 Å². The van der Waals surface area contributed by atoms with Gasteiger partial charge in [-0.3, -0.25) is 0 Å². The minimum absolute atomic E-state index is 0. The number of hydrogen-bond acceptors (Lipinski definition) is 3. The summed E-state index contributed by atoms with van der Waals surface area (Å²) in [7, 11) is 0. The molecule has 25 heavy (non-hydrogen) atoms. The van der Waals surface area contributed by atoms with E-state index in [-0.39, 0.29) is 41.5 Å². The molecule has 0 spiro atoms. The van der Waals surface area contributed by atoms with Crippen LogP contribution in [0.15, 0.2) is 91.0 Å². The fourth-order valence-electron chi connectivity index (χ4n) is 1.75. The van der Waals surface area contributed by atoms with E-state index in [2.05, 4.69) is 0 Å². The molecule has 3 aromatic rings. The van der Waals surface area contributed by atoms with Gasteiger partial charge in [-0.15, -0.1) is 0 Å². The molecule has 0 bridgehead atoms. The van der Waals surface area contributed by atoms with Gasteiger partial charge in [0.15, 0.2) is 0 Å². The smallest absolute Gasteiger partial charge is 0.0681 e. The molecule has 0 heterocycles. The fourth-order valence-corrected chi connectivity index (χ4v) is 1.75. The van der Waals surface area contributed by atoms with Crippen molar-refractivity contribution in [3.8, 4) is 0 Å². The van der Waals surface area contributed by atoms with Gasteiger partial charge in [0.2, 0.25) is 0 Å². The first kappa shape index (κ1) is 23.3. The van der Waals surface area contributed by atoms with Gasteiger partial charge in [-0.1, -0.05) is 91.0 Å². The van der Waals surface area contributed by atoms with Gasteiger partial charge in [0.05, 0.1) is 19.8 Å². The van der Waals surface area contributed by atoms with Crippen molar-refractivity contribution in [3.63, 3.8) is 0 Å². The second-order valence-electron chi connectivity index (χ2n) is 4.93. The quantitative estimate of drug-likeness (QED) is 0.617. The molecule has 0 saturated heterocycles. The van der Waals surface area contributed by atoms with E-state index in [0.717, 1.165) is 16.7 Å². The van der Waals surface area contributed by atoms with Crippen LogP contribution in [-0.2, 0) is 41.5 Å². The summed E-state index contributed by atoms with van der Waals surface area (Å²) >= 11 is 0. The average Bonchev–Trinajstić information content (AvgIpc) is 2.71.